The van der Waals surface area contributed by atoms with E-state index in [9.17, 15) is 0 Å². The van der Waals surface area contributed by atoms with E-state index >= 15 is 0 Å². The molecule has 1 nitrogen and oxygen atoms in total. The smallest absolute Gasteiger partial charge is 0.00152 e. The van der Waals surface area contributed by atoms with Gasteiger partial charge >= 0.3 is 0 Å². The van der Waals surface area contributed by atoms with Gasteiger partial charge in [-0.2, -0.15) is 0 Å². The fourth-order valence-corrected chi connectivity index (χ4v) is 2.58. The lowest BCUT2D eigenvalue weighted by atomic mass is 9.85. The zero-order valence-corrected chi connectivity index (χ0v) is 12.4. The van der Waals surface area contributed by atoms with Crippen LogP contribution < -0.4 is 5.32 Å². The maximum atomic E-state index is 3.35. The molecule has 1 saturated carbocycles. The lowest BCUT2D eigenvalue weighted by molar-refractivity contribution is 0.306. The van der Waals surface area contributed by atoms with Crippen LogP contribution in [0.5, 0.6) is 0 Å². The minimum absolute atomic E-state index is 0.576. The number of allylic oxidation sites excluding steroid dienone is 4. The van der Waals surface area contributed by atoms with Crippen LogP contribution in [0.15, 0.2) is 23.3 Å². The molecule has 1 aliphatic carbocycles. The Labute approximate surface area is 107 Å². The van der Waals surface area contributed by atoms with E-state index in [1.54, 1.807) is 0 Å². The van der Waals surface area contributed by atoms with Gasteiger partial charge in [0.05, 0.1) is 0 Å². The number of hydrogen-bond acceptors (Lipinski definition) is 1. The van der Waals surface area contributed by atoms with Gasteiger partial charge in [0.25, 0.3) is 0 Å². The van der Waals surface area contributed by atoms with Gasteiger partial charge in [-0.3, -0.25) is 0 Å². The van der Waals surface area contributed by atoms with Crippen molar-refractivity contribution < 1.29 is 0 Å². The van der Waals surface area contributed by atoms with Crippen LogP contribution in [-0.4, -0.2) is 13.6 Å². The van der Waals surface area contributed by atoms with E-state index in [-0.39, 0.29) is 0 Å². The van der Waals surface area contributed by atoms with Gasteiger partial charge in [0.2, 0.25) is 0 Å². The second-order valence-electron chi connectivity index (χ2n) is 6.19. The van der Waals surface area contributed by atoms with E-state index in [0.717, 1.165) is 18.4 Å². The molecule has 0 radical (unpaired) electrons. The van der Waals surface area contributed by atoms with Gasteiger partial charge in [-0.1, -0.05) is 37.1 Å². The van der Waals surface area contributed by atoms with Gasteiger partial charge in [0, 0.05) is 0 Å². The van der Waals surface area contributed by atoms with Crippen LogP contribution in [0.2, 0.25) is 0 Å². The fraction of sp³-hybridized carbons (Fsp3) is 0.750. The van der Waals surface area contributed by atoms with Crippen molar-refractivity contribution in [2.24, 2.45) is 17.3 Å². The van der Waals surface area contributed by atoms with Gasteiger partial charge in [0.1, 0.15) is 0 Å². The molecule has 0 saturated heterocycles. The Kier molecular flexibility index (Phi) is 5.00. The standard InChI is InChI=1S/C16H29N/c1-12(2)13(3)8-7-9-15(11-17-6)16(5)10-14(16)4/h7-8,14-15,17H,9-11H2,1-6H3. The molecule has 0 bridgehead atoms. The highest BCUT2D eigenvalue weighted by atomic mass is 14.8. The Morgan fingerprint density at radius 1 is 1.41 bits per heavy atom. The average Bonchev–Trinajstić information content (AvgIpc) is 2.86. The van der Waals surface area contributed by atoms with Crippen molar-refractivity contribution in [3.8, 4) is 0 Å². The van der Waals surface area contributed by atoms with Crippen LogP contribution in [0, 0.1) is 17.3 Å². The van der Waals surface area contributed by atoms with Gasteiger partial charge in [0.15, 0.2) is 0 Å². The zero-order chi connectivity index (χ0) is 13.1. The predicted octanol–water partition coefficient (Wildman–Crippen LogP) is 4.17. The third-order valence-corrected chi connectivity index (χ3v) is 4.67. The van der Waals surface area contributed by atoms with Crippen molar-refractivity contribution in [3.05, 3.63) is 23.3 Å². The molecule has 0 heterocycles. The Bertz CT molecular complexity index is 309. The van der Waals surface area contributed by atoms with E-state index in [0.29, 0.717) is 5.41 Å². The summed E-state index contributed by atoms with van der Waals surface area (Å²) in [4.78, 5) is 0. The van der Waals surface area contributed by atoms with Crippen LogP contribution in [0.1, 0.15) is 47.5 Å². The molecular formula is C16H29N. The van der Waals surface area contributed by atoms with Crippen molar-refractivity contribution in [2.45, 2.75) is 47.5 Å². The lowest BCUT2D eigenvalue weighted by Crippen LogP contribution is -2.26. The molecule has 3 atom stereocenters. The van der Waals surface area contributed by atoms with Gasteiger partial charge in [-0.25, -0.2) is 0 Å². The average molecular weight is 235 g/mol. The topological polar surface area (TPSA) is 12.0 Å². The largest absolute Gasteiger partial charge is 0.319 e. The van der Waals surface area contributed by atoms with E-state index in [1.165, 1.54) is 24.0 Å². The maximum absolute atomic E-state index is 3.35. The maximum Gasteiger partial charge on any atom is -0.00152 e. The van der Waals surface area contributed by atoms with Crippen LogP contribution in [0.4, 0.5) is 0 Å². The van der Waals surface area contributed by atoms with Crippen LogP contribution in [0.25, 0.3) is 0 Å². The summed E-state index contributed by atoms with van der Waals surface area (Å²) in [6, 6.07) is 0. The van der Waals surface area contributed by atoms with Crippen molar-refractivity contribution in [3.63, 3.8) is 0 Å². The molecule has 1 rings (SSSR count). The molecule has 1 aliphatic rings. The Morgan fingerprint density at radius 3 is 2.41 bits per heavy atom. The normalized spacial score (nSPS) is 29.4. The fourth-order valence-electron chi connectivity index (χ4n) is 2.58. The van der Waals surface area contributed by atoms with E-state index in [1.807, 2.05) is 0 Å². The molecule has 17 heavy (non-hydrogen) atoms. The monoisotopic (exact) mass is 235 g/mol. The van der Waals surface area contributed by atoms with Gasteiger partial charge < -0.3 is 5.32 Å². The Balaban J connectivity index is 2.55. The highest BCUT2D eigenvalue weighted by Crippen LogP contribution is 2.58. The molecular weight excluding hydrogens is 206 g/mol. The molecule has 0 aromatic rings. The quantitative estimate of drug-likeness (QED) is 0.681. The van der Waals surface area contributed by atoms with Crippen molar-refractivity contribution in [1.82, 2.24) is 5.32 Å². The predicted molar refractivity (Wildman–Crippen MR) is 77.1 cm³/mol. The van der Waals surface area contributed by atoms with Crippen molar-refractivity contribution in [1.29, 1.82) is 0 Å². The molecule has 0 aliphatic heterocycles. The number of rotatable bonds is 6. The highest BCUT2D eigenvalue weighted by Gasteiger charge is 2.51. The third-order valence-electron chi connectivity index (χ3n) is 4.67. The third kappa shape index (κ3) is 3.70. The molecule has 98 valence electrons. The molecule has 1 fully saturated rings. The molecule has 0 aromatic carbocycles. The van der Waals surface area contributed by atoms with Crippen molar-refractivity contribution >= 4 is 0 Å². The van der Waals surface area contributed by atoms with Crippen LogP contribution in [0.3, 0.4) is 0 Å². The second-order valence-corrected chi connectivity index (χ2v) is 6.19. The molecule has 0 amide bonds. The summed E-state index contributed by atoms with van der Waals surface area (Å²) >= 11 is 0. The summed E-state index contributed by atoms with van der Waals surface area (Å²) in [6.45, 7) is 12.5. The summed E-state index contributed by atoms with van der Waals surface area (Å²) in [7, 11) is 2.06. The highest BCUT2D eigenvalue weighted by molar-refractivity contribution is 5.21. The number of hydrogen-bond donors (Lipinski definition) is 1. The van der Waals surface area contributed by atoms with Gasteiger partial charge in [-0.15, -0.1) is 0 Å². The molecule has 0 spiro atoms. The molecule has 0 aromatic heterocycles. The molecule has 3 unspecified atom stereocenters. The summed E-state index contributed by atoms with van der Waals surface area (Å²) in [5, 5.41) is 3.35. The minimum Gasteiger partial charge on any atom is -0.319 e. The summed E-state index contributed by atoms with van der Waals surface area (Å²) < 4.78 is 0. The van der Waals surface area contributed by atoms with Crippen LogP contribution in [-0.2, 0) is 0 Å². The first-order valence-corrected chi connectivity index (χ1v) is 6.87. The SMILES string of the molecule is CNCC(CC=CC(C)=C(C)C)C1(C)CC1C. The first kappa shape index (κ1) is 14.5. The van der Waals surface area contributed by atoms with Gasteiger partial charge in [-0.05, 0) is 64.5 Å². The first-order valence-electron chi connectivity index (χ1n) is 6.87. The number of nitrogens with one attached hydrogen (secondary N) is 1. The minimum atomic E-state index is 0.576. The van der Waals surface area contributed by atoms with E-state index < -0.39 is 0 Å². The Hall–Kier alpha value is -0.560. The summed E-state index contributed by atoms with van der Waals surface area (Å²) in [6.07, 6.45) is 7.25. The summed E-state index contributed by atoms with van der Waals surface area (Å²) in [5.74, 6) is 1.68. The Morgan fingerprint density at radius 2 is 2.00 bits per heavy atom. The van der Waals surface area contributed by atoms with E-state index in [2.05, 4.69) is 59.1 Å². The zero-order valence-electron chi connectivity index (χ0n) is 12.4. The summed E-state index contributed by atoms with van der Waals surface area (Å²) in [5.41, 5.74) is 3.39. The lowest BCUT2D eigenvalue weighted by Gasteiger charge is -2.23. The van der Waals surface area contributed by atoms with Crippen LogP contribution >= 0.6 is 0 Å². The molecule has 1 N–H and O–H groups in total. The van der Waals surface area contributed by atoms with Crippen molar-refractivity contribution in [2.75, 3.05) is 13.6 Å². The second kappa shape index (κ2) is 5.86. The first-order chi connectivity index (χ1) is 7.91. The van der Waals surface area contributed by atoms with E-state index in [4.69, 9.17) is 0 Å². The molecule has 1 heteroatoms.